The fraction of sp³-hybridized carbons (Fsp3) is 0.214. The van der Waals surface area contributed by atoms with Crippen molar-refractivity contribution in [2.45, 2.75) is 6.92 Å². The van der Waals surface area contributed by atoms with Crippen molar-refractivity contribution in [1.82, 2.24) is 4.90 Å². The third-order valence-corrected chi connectivity index (χ3v) is 3.08. The first-order chi connectivity index (χ1) is 9.93. The molecule has 1 aromatic rings. The number of nitrogens with zero attached hydrogens (tertiary/aromatic N) is 1. The van der Waals surface area contributed by atoms with Crippen LogP contribution in [0.2, 0.25) is 0 Å². The summed E-state index contributed by atoms with van der Waals surface area (Å²) in [5, 5.41) is 20.5. The minimum atomic E-state index is -1.04. The smallest absolute Gasteiger partial charge is 0.335 e. The Hall–Kier alpha value is -2.67. The number of rotatable bonds is 5. The van der Waals surface area contributed by atoms with Gasteiger partial charge in [0.25, 0.3) is 11.8 Å². The maximum atomic E-state index is 12.0. The Morgan fingerprint density at radius 2 is 2.05 bits per heavy atom. The van der Waals surface area contributed by atoms with Crippen molar-refractivity contribution in [3.05, 3.63) is 41.1 Å². The highest BCUT2D eigenvalue weighted by Crippen LogP contribution is 2.21. The van der Waals surface area contributed by atoms with E-state index < -0.39 is 17.8 Å². The zero-order chi connectivity index (χ0) is 15.6. The summed E-state index contributed by atoms with van der Waals surface area (Å²) in [4.78, 5) is 35.4. The molecular formula is C14H14N2O5. The highest BCUT2D eigenvalue weighted by atomic mass is 16.4. The number of carbonyl (C=O) groups is 3. The number of imide groups is 1. The number of nitrogens with one attached hydrogen (secondary N) is 1. The molecule has 2 rings (SSSR count). The first kappa shape index (κ1) is 14.7. The van der Waals surface area contributed by atoms with Gasteiger partial charge in [0.15, 0.2) is 0 Å². The lowest BCUT2D eigenvalue weighted by Gasteiger charge is -2.14. The van der Waals surface area contributed by atoms with Crippen LogP contribution in [0.1, 0.15) is 15.9 Å². The summed E-state index contributed by atoms with van der Waals surface area (Å²) in [6.45, 7) is 1.34. The fourth-order valence-electron chi connectivity index (χ4n) is 1.99. The van der Waals surface area contributed by atoms with Gasteiger partial charge >= 0.3 is 5.97 Å². The molecule has 21 heavy (non-hydrogen) atoms. The number of amides is 2. The molecule has 0 radical (unpaired) electrons. The normalized spacial score (nSPS) is 14.4. The van der Waals surface area contributed by atoms with Gasteiger partial charge in [-0.1, -0.05) is 0 Å². The molecule has 0 unspecified atom stereocenters. The molecule has 0 saturated heterocycles. The summed E-state index contributed by atoms with van der Waals surface area (Å²) in [7, 11) is 0. The SMILES string of the molecule is Cc1cc(C(=O)O)ccc1NC1=CC(=O)N(CCO)C1=O. The van der Waals surface area contributed by atoms with E-state index >= 15 is 0 Å². The molecule has 0 aliphatic carbocycles. The van der Waals surface area contributed by atoms with Crippen molar-refractivity contribution in [2.75, 3.05) is 18.5 Å². The van der Waals surface area contributed by atoms with E-state index in [4.69, 9.17) is 10.2 Å². The molecule has 0 spiro atoms. The summed E-state index contributed by atoms with van der Waals surface area (Å²) in [5.41, 5.74) is 1.41. The van der Waals surface area contributed by atoms with E-state index in [1.54, 1.807) is 6.92 Å². The van der Waals surface area contributed by atoms with Crippen LogP contribution >= 0.6 is 0 Å². The first-order valence-electron chi connectivity index (χ1n) is 6.23. The number of β-amino-alcohol motifs (C(OH)–C–C–N with tert-alkyl or cyclic N) is 1. The summed E-state index contributed by atoms with van der Waals surface area (Å²) >= 11 is 0. The Morgan fingerprint density at radius 3 is 2.62 bits per heavy atom. The van der Waals surface area contributed by atoms with Gasteiger partial charge in [-0.15, -0.1) is 0 Å². The number of aryl methyl sites for hydroxylation is 1. The van der Waals surface area contributed by atoms with Gasteiger partial charge in [-0.25, -0.2) is 4.79 Å². The van der Waals surface area contributed by atoms with Crippen LogP contribution in [0.5, 0.6) is 0 Å². The average molecular weight is 290 g/mol. The van der Waals surface area contributed by atoms with Crippen molar-refractivity contribution in [3.63, 3.8) is 0 Å². The maximum absolute atomic E-state index is 12.0. The second kappa shape index (κ2) is 5.76. The van der Waals surface area contributed by atoms with E-state index in [-0.39, 0.29) is 24.4 Å². The number of hydrogen-bond donors (Lipinski definition) is 3. The molecule has 1 aromatic carbocycles. The van der Waals surface area contributed by atoms with Crippen molar-refractivity contribution in [2.24, 2.45) is 0 Å². The molecule has 7 heteroatoms. The number of anilines is 1. The first-order valence-corrected chi connectivity index (χ1v) is 6.23. The molecule has 1 heterocycles. The number of carbonyl (C=O) groups excluding carboxylic acids is 2. The Labute approximate surface area is 120 Å². The Morgan fingerprint density at radius 1 is 1.33 bits per heavy atom. The predicted octanol–water partition coefficient (Wildman–Crippen LogP) is 0.350. The molecule has 1 aliphatic rings. The van der Waals surface area contributed by atoms with E-state index in [0.717, 1.165) is 11.0 Å². The third kappa shape index (κ3) is 2.92. The highest BCUT2D eigenvalue weighted by molar-refractivity contribution is 6.17. The number of carboxylic acids is 1. The number of carboxylic acid groups (broad SMARTS) is 1. The molecule has 110 valence electrons. The van der Waals surface area contributed by atoms with Gasteiger partial charge in [-0.05, 0) is 30.7 Å². The lowest BCUT2D eigenvalue weighted by molar-refractivity contribution is -0.137. The standard InChI is InChI=1S/C14H14N2O5/c1-8-6-9(14(20)21)2-3-10(8)15-11-7-12(18)16(4-5-17)13(11)19/h2-3,6-7,15,17H,4-5H2,1H3,(H,20,21). The van der Waals surface area contributed by atoms with Gasteiger partial charge in [0, 0.05) is 11.8 Å². The largest absolute Gasteiger partial charge is 0.478 e. The average Bonchev–Trinajstić information content (AvgIpc) is 2.69. The summed E-state index contributed by atoms with van der Waals surface area (Å²) in [6, 6.07) is 4.41. The summed E-state index contributed by atoms with van der Waals surface area (Å²) in [5.74, 6) is -2.04. The molecule has 7 nitrogen and oxygen atoms in total. The van der Waals surface area contributed by atoms with E-state index in [2.05, 4.69) is 5.32 Å². The minimum Gasteiger partial charge on any atom is -0.478 e. The topological polar surface area (TPSA) is 107 Å². The van der Waals surface area contributed by atoms with Crippen LogP contribution in [0.25, 0.3) is 0 Å². The van der Waals surface area contributed by atoms with Crippen molar-refractivity contribution in [3.8, 4) is 0 Å². The van der Waals surface area contributed by atoms with E-state index in [9.17, 15) is 14.4 Å². The summed E-state index contributed by atoms with van der Waals surface area (Å²) < 4.78 is 0. The van der Waals surface area contributed by atoms with Gasteiger partial charge in [0.1, 0.15) is 5.70 Å². The quantitative estimate of drug-likeness (QED) is 0.675. The number of hydrogen-bond acceptors (Lipinski definition) is 5. The molecule has 1 aliphatic heterocycles. The number of aliphatic hydroxyl groups excluding tert-OH is 1. The maximum Gasteiger partial charge on any atom is 0.335 e. The molecular weight excluding hydrogens is 276 g/mol. The van der Waals surface area contributed by atoms with Crippen LogP contribution in [0, 0.1) is 6.92 Å². The fourth-order valence-corrected chi connectivity index (χ4v) is 1.99. The van der Waals surface area contributed by atoms with E-state index in [1.807, 2.05) is 0 Å². The van der Waals surface area contributed by atoms with Gasteiger partial charge in [0.2, 0.25) is 0 Å². The van der Waals surface area contributed by atoms with Crippen molar-refractivity contribution < 1.29 is 24.6 Å². The lowest BCUT2D eigenvalue weighted by atomic mass is 10.1. The third-order valence-electron chi connectivity index (χ3n) is 3.08. The van der Waals surface area contributed by atoms with Crippen molar-refractivity contribution in [1.29, 1.82) is 0 Å². The minimum absolute atomic E-state index is 0.0592. The highest BCUT2D eigenvalue weighted by Gasteiger charge is 2.30. The molecule has 0 saturated carbocycles. The Bertz CT molecular complexity index is 651. The van der Waals surface area contributed by atoms with E-state index in [1.165, 1.54) is 18.2 Å². The molecule has 0 fully saturated rings. The van der Waals surface area contributed by atoms with Crippen molar-refractivity contribution >= 4 is 23.5 Å². The van der Waals surface area contributed by atoms with Crippen LogP contribution in [-0.2, 0) is 9.59 Å². The van der Waals surface area contributed by atoms with Gasteiger partial charge < -0.3 is 15.5 Å². The molecule has 0 bridgehead atoms. The van der Waals surface area contributed by atoms with Gasteiger partial charge in [-0.3, -0.25) is 14.5 Å². The molecule has 2 amide bonds. The zero-order valence-electron chi connectivity index (χ0n) is 11.3. The monoisotopic (exact) mass is 290 g/mol. The van der Waals surface area contributed by atoms with Crippen LogP contribution < -0.4 is 5.32 Å². The molecule has 0 atom stereocenters. The predicted molar refractivity (Wildman–Crippen MR) is 73.6 cm³/mol. The van der Waals surface area contributed by atoms with Gasteiger partial charge in [0.05, 0.1) is 18.7 Å². The summed E-state index contributed by atoms with van der Waals surface area (Å²) in [6.07, 6.45) is 1.16. The second-order valence-corrected chi connectivity index (χ2v) is 4.54. The number of benzene rings is 1. The Balaban J connectivity index is 2.20. The number of aliphatic hydroxyl groups is 1. The van der Waals surface area contributed by atoms with Gasteiger partial charge in [-0.2, -0.15) is 0 Å². The van der Waals surface area contributed by atoms with Crippen LogP contribution in [0.4, 0.5) is 5.69 Å². The van der Waals surface area contributed by atoms with Crippen LogP contribution in [0.15, 0.2) is 30.0 Å². The molecule has 3 N–H and O–H groups in total. The van der Waals surface area contributed by atoms with Crippen LogP contribution in [0.3, 0.4) is 0 Å². The van der Waals surface area contributed by atoms with E-state index in [0.29, 0.717) is 11.3 Å². The Kier molecular flexibility index (Phi) is 4.04. The zero-order valence-corrected chi connectivity index (χ0v) is 11.3. The molecule has 0 aromatic heterocycles. The van der Waals surface area contributed by atoms with Crippen LogP contribution in [-0.4, -0.2) is 46.0 Å². The lowest BCUT2D eigenvalue weighted by Crippen LogP contribution is -2.34. The number of aromatic carboxylic acids is 1. The second-order valence-electron chi connectivity index (χ2n) is 4.54.